The minimum Gasteiger partial charge on any atom is -0.338 e. The number of benzene rings is 2. The number of amides is 2. The van der Waals surface area contributed by atoms with Crippen LogP contribution in [0, 0.1) is 0 Å². The lowest BCUT2D eigenvalue weighted by molar-refractivity contribution is -0.127. The van der Waals surface area contributed by atoms with Gasteiger partial charge in [0.1, 0.15) is 5.70 Å². The molecule has 6 nitrogen and oxygen atoms in total. The van der Waals surface area contributed by atoms with Crippen LogP contribution in [0.25, 0.3) is 4.91 Å². The highest BCUT2D eigenvalue weighted by molar-refractivity contribution is 8.08. The monoisotopic (exact) mass is 432 g/mol. The van der Waals surface area contributed by atoms with Crippen LogP contribution in [0.4, 0.5) is 0 Å². The van der Waals surface area contributed by atoms with Gasteiger partial charge in [0.25, 0.3) is 11.8 Å². The van der Waals surface area contributed by atoms with Gasteiger partial charge in [-0.15, -0.1) is 0 Å². The van der Waals surface area contributed by atoms with Crippen molar-refractivity contribution in [3.63, 3.8) is 0 Å². The Morgan fingerprint density at radius 1 is 0.839 bits per heavy atom. The minimum atomic E-state index is -0.348. The van der Waals surface area contributed by atoms with Crippen molar-refractivity contribution in [1.29, 1.82) is 0 Å². The fourth-order valence-corrected chi connectivity index (χ4v) is 3.83. The Bertz CT molecular complexity index is 1040. The Balaban J connectivity index is 2.13. The maximum absolute atomic E-state index is 13.5. The summed E-state index contributed by atoms with van der Waals surface area (Å²) in [6.07, 6.45) is 3.29. The number of nitrogens with zero attached hydrogens (tertiary/aromatic N) is 3. The second kappa shape index (κ2) is 11.1. The number of aromatic nitrogens is 2. The van der Waals surface area contributed by atoms with E-state index in [4.69, 9.17) is 0 Å². The SMILES string of the molecule is CCN(CC)C(=O)C(NC(=O)c1ccccc1)=C(Sc1ncccn1)c1ccccc1. The number of hydrogen-bond acceptors (Lipinski definition) is 5. The highest BCUT2D eigenvalue weighted by atomic mass is 32.2. The molecule has 2 amide bonds. The summed E-state index contributed by atoms with van der Waals surface area (Å²) in [4.78, 5) is 37.3. The van der Waals surface area contributed by atoms with Crippen LogP contribution < -0.4 is 5.32 Å². The lowest BCUT2D eigenvalue weighted by atomic mass is 10.1. The summed E-state index contributed by atoms with van der Waals surface area (Å²) in [6.45, 7) is 4.87. The second-order valence-corrected chi connectivity index (χ2v) is 7.48. The van der Waals surface area contributed by atoms with Gasteiger partial charge < -0.3 is 10.2 Å². The molecule has 2 aromatic carbocycles. The van der Waals surface area contributed by atoms with E-state index in [1.807, 2.05) is 50.2 Å². The van der Waals surface area contributed by atoms with E-state index in [9.17, 15) is 9.59 Å². The molecule has 0 aliphatic carbocycles. The normalized spacial score (nSPS) is 11.4. The summed E-state index contributed by atoms with van der Waals surface area (Å²) >= 11 is 1.25. The van der Waals surface area contributed by atoms with E-state index >= 15 is 0 Å². The van der Waals surface area contributed by atoms with Crippen molar-refractivity contribution in [2.24, 2.45) is 0 Å². The first kappa shape index (κ1) is 22.2. The maximum atomic E-state index is 13.5. The molecule has 0 radical (unpaired) electrons. The van der Waals surface area contributed by atoms with E-state index in [1.54, 1.807) is 47.6 Å². The molecule has 158 valence electrons. The lowest BCUT2D eigenvalue weighted by Gasteiger charge is -2.23. The average Bonchev–Trinajstić information content (AvgIpc) is 2.83. The van der Waals surface area contributed by atoms with E-state index in [1.165, 1.54) is 11.8 Å². The van der Waals surface area contributed by atoms with E-state index in [-0.39, 0.29) is 17.5 Å². The number of hydrogen-bond donors (Lipinski definition) is 1. The summed E-state index contributed by atoms with van der Waals surface area (Å²) in [5.74, 6) is -0.601. The summed E-state index contributed by atoms with van der Waals surface area (Å²) < 4.78 is 0. The molecular formula is C24H24N4O2S. The third kappa shape index (κ3) is 5.79. The molecule has 7 heteroatoms. The number of carbonyl (C=O) groups is 2. The first-order valence-corrected chi connectivity index (χ1v) is 10.9. The van der Waals surface area contributed by atoms with Gasteiger partial charge in [-0.1, -0.05) is 48.5 Å². The zero-order valence-electron chi connectivity index (χ0n) is 17.5. The summed E-state index contributed by atoms with van der Waals surface area (Å²) in [6, 6.07) is 20.0. The fourth-order valence-electron chi connectivity index (χ4n) is 2.92. The van der Waals surface area contributed by atoms with Crippen molar-refractivity contribution in [3.8, 4) is 0 Å². The van der Waals surface area contributed by atoms with E-state index in [2.05, 4.69) is 15.3 Å². The average molecular weight is 433 g/mol. The molecule has 31 heavy (non-hydrogen) atoms. The molecule has 0 saturated carbocycles. The van der Waals surface area contributed by atoms with Gasteiger partial charge in [-0.2, -0.15) is 0 Å². The van der Waals surface area contributed by atoms with Crippen molar-refractivity contribution in [2.75, 3.05) is 13.1 Å². The first-order chi connectivity index (χ1) is 15.1. The Kier molecular flexibility index (Phi) is 7.95. The van der Waals surface area contributed by atoms with Gasteiger partial charge in [0.15, 0.2) is 5.16 Å². The predicted octanol–water partition coefficient (Wildman–Crippen LogP) is 4.24. The molecule has 3 aromatic rings. The number of nitrogens with one attached hydrogen (secondary N) is 1. The standard InChI is InChI=1S/C24H24N4O2S/c1-3-28(4-2)23(30)20(27-22(29)19-14-9-6-10-15-19)21(18-12-7-5-8-13-18)31-24-25-16-11-17-26-24/h5-17H,3-4H2,1-2H3,(H,27,29). The van der Waals surface area contributed by atoms with Gasteiger partial charge in [-0.05, 0) is 49.4 Å². The molecule has 0 fully saturated rings. The maximum Gasteiger partial charge on any atom is 0.271 e. The predicted molar refractivity (Wildman–Crippen MR) is 123 cm³/mol. The molecule has 0 unspecified atom stereocenters. The van der Waals surface area contributed by atoms with Crippen molar-refractivity contribution in [2.45, 2.75) is 19.0 Å². The third-order valence-corrected chi connectivity index (χ3v) is 5.57. The Morgan fingerprint density at radius 2 is 1.39 bits per heavy atom. The molecule has 0 aliphatic heterocycles. The smallest absolute Gasteiger partial charge is 0.271 e. The van der Waals surface area contributed by atoms with Crippen molar-refractivity contribution in [3.05, 3.63) is 95.9 Å². The van der Waals surface area contributed by atoms with Gasteiger partial charge >= 0.3 is 0 Å². The molecule has 3 rings (SSSR count). The number of rotatable bonds is 8. The minimum absolute atomic E-state index is 0.209. The lowest BCUT2D eigenvalue weighted by Crippen LogP contribution is -2.38. The van der Waals surface area contributed by atoms with Gasteiger partial charge in [-0.3, -0.25) is 9.59 Å². The first-order valence-electron chi connectivity index (χ1n) is 10.0. The summed E-state index contributed by atoms with van der Waals surface area (Å²) in [5.41, 5.74) is 1.48. The molecule has 1 N–H and O–H groups in total. The number of likely N-dealkylation sites (N-methyl/N-ethyl adjacent to an activating group) is 1. The Labute approximate surface area is 186 Å². The second-order valence-electron chi connectivity index (χ2n) is 6.50. The molecule has 0 bridgehead atoms. The zero-order valence-corrected chi connectivity index (χ0v) is 18.3. The van der Waals surface area contributed by atoms with E-state index in [0.717, 1.165) is 5.56 Å². The van der Waals surface area contributed by atoms with Crippen LogP contribution in [-0.4, -0.2) is 39.8 Å². The van der Waals surface area contributed by atoms with Gasteiger partial charge in [0, 0.05) is 31.0 Å². The molecule has 1 aromatic heterocycles. The molecule has 0 aliphatic rings. The molecule has 0 atom stereocenters. The number of carbonyl (C=O) groups excluding carboxylic acids is 2. The van der Waals surface area contributed by atoms with Crippen LogP contribution in [0.15, 0.2) is 90.0 Å². The molecule has 0 saturated heterocycles. The van der Waals surface area contributed by atoms with Gasteiger partial charge in [-0.25, -0.2) is 9.97 Å². The van der Waals surface area contributed by atoms with Crippen LogP contribution in [-0.2, 0) is 4.79 Å². The van der Waals surface area contributed by atoms with Crippen molar-refractivity contribution in [1.82, 2.24) is 20.2 Å². The highest BCUT2D eigenvalue weighted by Gasteiger charge is 2.25. The summed E-state index contributed by atoms with van der Waals surface area (Å²) in [5, 5.41) is 3.36. The fraction of sp³-hybridized carbons (Fsp3) is 0.167. The number of thioether (sulfide) groups is 1. The van der Waals surface area contributed by atoms with Crippen molar-refractivity contribution >= 4 is 28.5 Å². The van der Waals surface area contributed by atoms with Crippen LogP contribution in [0.1, 0.15) is 29.8 Å². The molecule has 0 spiro atoms. The van der Waals surface area contributed by atoms with Crippen LogP contribution >= 0.6 is 11.8 Å². The van der Waals surface area contributed by atoms with Crippen LogP contribution in [0.5, 0.6) is 0 Å². The third-order valence-electron chi connectivity index (χ3n) is 4.54. The largest absolute Gasteiger partial charge is 0.338 e. The Hall–Kier alpha value is -3.45. The van der Waals surface area contributed by atoms with E-state index in [0.29, 0.717) is 28.7 Å². The Morgan fingerprint density at radius 3 is 1.94 bits per heavy atom. The van der Waals surface area contributed by atoms with E-state index < -0.39 is 0 Å². The highest BCUT2D eigenvalue weighted by Crippen LogP contribution is 2.34. The topological polar surface area (TPSA) is 75.2 Å². The zero-order chi connectivity index (χ0) is 22.1. The molecular weight excluding hydrogens is 408 g/mol. The van der Waals surface area contributed by atoms with Gasteiger partial charge in [0.2, 0.25) is 0 Å². The quantitative estimate of drug-likeness (QED) is 0.327. The van der Waals surface area contributed by atoms with Crippen LogP contribution in [0.3, 0.4) is 0 Å². The van der Waals surface area contributed by atoms with Crippen molar-refractivity contribution < 1.29 is 9.59 Å². The van der Waals surface area contributed by atoms with Crippen LogP contribution in [0.2, 0.25) is 0 Å². The summed E-state index contributed by atoms with van der Waals surface area (Å²) in [7, 11) is 0. The van der Waals surface area contributed by atoms with Gasteiger partial charge in [0.05, 0.1) is 4.91 Å². The molecule has 1 heterocycles.